The number of rotatable bonds is 4. The summed E-state index contributed by atoms with van der Waals surface area (Å²) < 4.78 is 65.2. The molecular formula is C13H15BrF3NO2S. The highest BCUT2D eigenvalue weighted by Gasteiger charge is 2.37. The Balaban J connectivity index is 2.20. The maximum absolute atomic E-state index is 12.9. The van der Waals surface area contributed by atoms with Gasteiger partial charge in [-0.15, -0.1) is 0 Å². The lowest BCUT2D eigenvalue weighted by molar-refractivity contribution is -0.139. The van der Waals surface area contributed by atoms with Gasteiger partial charge in [0.1, 0.15) is 0 Å². The average molecular weight is 386 g/mol. The Labute approximate surface area is 130 Å². The molecule has 2 atom stereocenters. The van der Waals surface area contributed by atoms with Crippen LogP contribution in [0.2, 0.25) is 0 Å². The number of benzene rings is 1. The molecule has 1 fully saturated rings. The lowest BCUT2D eigenvalue weighted by Crippen LogP contribution is -2.32. The van der Waals surface area contributed by atoms with E-state index >= 15 is 0 Å². The number of alkyl halides is 4. The first-order valence-electron chi connectivity index (χ1n) is 6.52. The number of halogens is 4. The third kappa shape index (κ3) is 3.98. The fraction of sp³-hybridized carbons (Fsp3) is 0.538. The van der Waals surface area contributed by atoms with E-state index in [9.17, 15) is 21.6 Å². The van der Waals surface area contributed by atoms with Crippen LogP contribution in [0.25, 0.3) is 0 Å². The fourth-order valence-corrected chi connectivity index (χ4v) is 4.55. The molecule has 8 heteroatoms. The summed E-state index contributed by atoms with van der Waals surface area (Å²) in [5, 5.41) is 0. The molecule has 1 aromatic carbocycles. The largest absolute Gasteiger partial charge is 0.417 e. The number of hydrogen-bond donors (Lipinski definition) is 1. The molecule has 118 valence electrons. The molecule has 0 heterocycles. The molecule has 1 aromatic rings. The molecule has 0 spiro atoms. The van der Waals surface area contributed by atoms with Crippen LogP contribution in [0.5, 0.6) is 0 Å². The van der Waals surface area contributed by atoms with E-state index in [1.165, 1.54) is 12.1 Å². The van der Waals surface area contributed by atoms with Crippen LogP contribution in [0.4, 0.5) is 13.2 Å². The molecule has 1 N–H and O–H groups in total. The van der Waals surface area contributed by atoms with Crippen LogP contribution in [-0.2, 0) is 16.2 Å². The lowest BCUT2D eigenvalue weighted by Gasteiger charge is -2.17. The van der Waals surface area contributed by atoms with Crippen LogP contribution in [0.3, 0.4) is 0 Å². The molecule has 0 radical (unpaired) electrons. The van der Waals surface area contributed by atoms with E-state index in [1.807, 2.05) is 0 Å². The summed E-state index contributed by atoms with van der Waals surface area (Å²) >= 11 is 3.46. The van der Waals surface area contributed by atoms with Crippen LogP contribution >= 0.6 is 15.9 Å². The predicted octanol–water partition coefficient (Wildman–Crippen LogP) is 3.55. The standard InChI is InChI=1S/C13H15BrF3NO2S/c14-11-6-3-4-9(11)8-18-21(19,20)12-7-2-1-5-10(12)13(15,16)17/h1-2,5,7,9,11,18H,3-4,6,8H2. The Bertz CT molecular complexity index is 604. The van der Waals surface area contributed by atoms with Crippen molar-refractivity contribution in [3.8, 4) is 0 Å². The van der Waals surface area contributed by atoms with Gasteiger partial charge in [-0.1, -0.05) is 34.5 Å². The zero-order chi connectivity index (χ0) is 15.7. The van der Waals surface area contributed by atoms with Gasteiger partial charge < -0.3 is 0 Å². The average Bonchev–Trinajstić information content (AvgIpc) is 2.81. The van der Waals surface area contributed by atoms with Crippen molar-refractivity contribution in [2.75, 3.05) is 6.54 Å². The minimum absolute atomic E-state index is 0.109. The summed E-state index contributed by atoms with van der Waals surface area (Å²) in [5.74, 6) is 0.109. The monoisotopic (exact) mass is 385 g/mol. The molecule has 3 nitrogen and oxygen atoms in total. The van der Waals surface area contributed by atoms with Gasteiger partial charge in [-0.2, -0.15) is 13.2 Å². The van der Waals surface area contributed by atoms with Crippen molar-refractivity contribution in [2.24, 2.45) is 5.92 Å². The third-order valence-electron chi connectivity index (χ3n) is 3.58. The van der Waals surface area contributed by atoms with Crippen molar-refractivity contribution in [1.82, 2.24) is 4.72 Å². The molecule has 1 saturated carbocycles. The zero-order valence-corrected chi connectivity index (χ0v) is 13.4. The topological polar surface area (TPSA) is 46.2 Å². The molecule has 0 amide bonds. The van der Waals surface area contributed by atoms with Crippen LogP contribution < -0.4 is 4.72 Å². The van der Waals surface area contributed by atoms with Crippen molar-refractivity contribution in [3.05, 3.63) is 29.8 Å². The predicted molar refractivity (Wildman–Crippen MR) is 76.7 cm³/mol. The van der Waals surface area contributed by atoms with Crippen LogP contribution in [-0.4, -0.2) is 19.8 Å². The second-order valence-electron chi connectivity index (χ2n) is 5.05. The third-order valence-corrected chi connectivity index (χ3v) is 6.27. The van der Waals surface area contributed by atoms with Crippen molar-refractivity contribution in [3.63, 3.8) is 0 Å². The minimum Gasteiger partial charge on any atom is -0.211 e. The fourth-order valence-electron chi connectivity index (χ4n) is 2.45. The molecule has 21 heavy (non-hydrogen) atoms. The molecule has 0 saturated heterocycles. The van der Waals surface area contributed by atoms with E-state index in [1.54, 1.807) is 0 Å². The number of nitrogens with one attached hydrogen (secondary N) is 1. The van der Waals surface area contributed by atoms with E-state index in [4.69, 9.17) is 0 Å². The summed E-state index contributed by atoms with van der Waals surface area (Å²) in [4.78, 5) is -0.514. The minimum atomic E-state index is -4.70. The summed E-state index contributed by atoms with van der Waals surface area (Å²) in [6.07, 6.45) is -1.90. The van der Waals surface area contributed by atoms with E-state index in [0.717, 1.165) is 31.4 Å². The second-order valence-corrected chi connectivity index (χ2v) is 7.96. The summed E-state index contributed by atoms with van der Waals surface area (Å²) in [6, 6.07) is 4.21. The van der Waals surface area contributed by atoms with E-state index in [-0.39, 0.29) is 17.3 Å². The molecule has 1 aliphatic rings. The van der Waals surface area contributed by atoms with Gasteiger partial charge in [0.2, 0.25) is 10.0 Å². The Morgan fingerprint density at radius 3 is 2.48 bits per heavy atom. The SMILES string of the molecule is O=S(=O)(NCC1CCCC1Br)c1ccccc1C(F)(F)F. The van der Waals surface area contributed by atoms with Crippen molar-refractivity contribution >= 4 is 26.0 Å². The molecule has 2 rings (SSSR count). The molecule has 2 unspecified atom stereocenters. The van der Waals surface area contributed by atoms with Gasteiger partial charge in [-0.05, 0) is 30.9 Å². The van der Waals surface area contributed by atoms with Crippen molar-refractivity contribution in [2.45, 2.75) is 35.2 Å². The number of hydrogen-bond acceptors (Lipinski definition) is 2. The maximum Gasteiger partial charge on any atom is 0.417 e. The van der Waals surface area contributed by atoms with E-state index < -0.39 is 26.7 Å². The molecule has 0 aliphatic heterocycles. The first-order chi connectivity index (χ1) is 9.72. The van der Waals surface area contributed by atoms with Crippen molar-refractivity contribution < 1.29 is 21.6 Å². The zero-order valence-electron chi connectivity index (χ0n) is 11.0. The molecule has 0 aromatic heterocycles. The summed E-state index contributed by atoms with van der Waals surface area (Å²) in [7, 11) is -4.18. The van der Waals surface area contributed by atoms with Gasteiger partial charge >= 0.3 is 6.18 Å². The Morgan fingerprint density at radius 2 is 1.90 bits per heavy atom. The first kappa shape index (κ1) is 16.8. The van der Waals surface area contributed by atoms with Gasteiger partial charge in [-0.3, -0.25) is 0 Å². The summed E-state index contributed by atoms with van der Waals surface area (Å²) in [5.41, 5.74) is -1.14. The van der Waals surface area contributed by atoms with Gasteiger partial charge in [0.25, 0.3) is 0 Å². The van der Waals surface area contributed by atoms with Crippen LogP contribution in [0, 0.1) is 5.92 Å². The van der Waals surface area contributed by atoms with E-state index in [2.05, 4.69) is 20.7 Å². The van der Waals surface area contributed by atoms with Crippen molar-refractivity contribution in [1.29, 1.82) is 0 Å². The van der Waals surface area contributed by atoms with Gasteiger partial charge in [0, 0.05) is 11.4 Å². The highest BCUT2D eigenvalue weighted by atomic mass is 79.9. The Hall–Kier alpha value is -0.600. The maximum atomic E-state index is 12.9. The highest BCUT2D eigenvalue weighted by molar-refractivity contribution is 9.09. The second kappa shape index (κ2) is 6.26. The van der Waals surface area contributed by atoms with Gasteiger partial charge in [0.15, 0.2) is 0 Å². The summed E-state index contributed by atoms with van der Waals surface area (Å²) in [6.45, 7) is 0.143. The smallest absolute Gasteiger partial charge is 0.211 e. The Kier molecular flexibility index (Phi) is 4.99. The molecule has 0 bridgehead atoms. The highest BCUT2D eigenvalue weighted by Crippen LogP contribution is 2.34. The van der Waals surface area contributed by atoms with Gasteiger partial charge in [-0.25, -0.2) is 13.1 Å². The molecular weight excluding hydrogens is 371 g/mol. The van der Waals surface area contributed by atoms with Gasteiger partial charge in [0.05, 0.1) is 10.5 Å². The Morgan fingerprint density at radius 1 is 1.24 bits per heavy atom. The van der Waals surface area contributed by atoms with Crippen LogP contribution in [0.15, 0.2) is 29.2 Å². The quantitative estimate of drug-likeness (QED) is 0.805. The number of sulfonamides is 1. The lowest BCUT2D eigenvalue weighted by atomic mass is 10.1. The van der Waals surface area contributed by atoms with E-state index in [0.29, 0.717) is 0 Å². The van der Waals surface area contributed by atoms with Crippen LogP contribution in [0.1, 0.15) is 24.8 Å². The normalized spacial score (nSPS) is 23.4. The molecule has 1 aliphatic carbocycles. The first-order valence-corrected chi connectivity index (χ1v) is 8.91.